The molecule has 0 radical (unpaired) electrons. The van der Waals surface area contributed by atoms with Gasteiger partial charge in [-0.1, -0.05) is 60.7 Å². The van der Waals surface area contributed by atoms with Crippen molar-refractivity contribution in [3.8, 4) is 11.5 Å². The molecule has 3 aromatic rings. The molecule has 0 atom stereocenters. The molecule has 3 aromatic carbocycles. The van der Waals surface area contributed by atoms with Gasteiger partial charge < -0.3 is 14.8 Å². The normalized spacial score (nSPS) is 14.6. The monoisotopic (exact) mass is 492 g/mol. The molecule has 162 valence electrons. The van der Waals surface area contributed by atoms with Crippen molar-refractivity contribution >= 4 is 33.9 Å². The van der Waals surface area contributed by atoms with E-state index in [0.29, 0.717) is 28.1 Å². The molecule has 0 aromatic heterocycles. The summed E-state index contributed by atoms with van der Waals surface area (Å²) in [6, 6.07) is 22.3. The number of benzene rings is 3. The molecule has 6 nitrogen and oxygen atoms in total. The van der Waals surface area contributed by atoms with E-state index in [1.165, 1.54) is 4.90 Å². The minimum absolute atomic E-state index is 0.206. The van der Waals surface area contributed by atoms with Gasteiger partial charge in [-0.2, -0.15) is 0 Å². The maximum Gasteiger partial charge on any atom is 0.329 e. The highest BCUT2D eigenvalue weighted by atomic mass is 79.9. The number of halogens is 1. The van der Waals surface area contributed by atoms with Gasteiger partial charge in [0, 0.05) is 0 Å². The Balaban J connectivity index is 1.54. The molecular formula is C25H21BrN2O4. The highest BCUT2D eigenvalue weighted by Gasteiger charge is 2.33. The maximum absolute atomic E-state index is 12.8. The summed E-state index contributed by atoms with van der Waals surface area (Å²) in [6.45, 7) is 0.599. The smallest absolute Gasteiger partial charge is 0.329 e. The van der Waals surface area contributed by atoms with Crippen LogP contribution in [-0.2, 0) is 17.9 Å². The number of carbonyl (C=O) groups excluding carboxylic acids is 2. The van der Waals surface area contributed by atoms with Crippen molar-refractivity contribution in [1.82, 2.24) is 10.2 Å². The van der Waals surface area contributed by atoms with Crippen LogP contribution in [0.4, 0.5) is 4.79 Å². The van der Waals surface area contributed by atoms with E-state index in [-0.39, 0.29) is 18.1 Å². The predicted octanol–water partition coefficient (Wildman–Crippen LogP) is 5.13. The summed E-state index contributed by atoms with van der Waals surface area (Å²) in [5.74, 6) is 0.699. The van der Waals surface area contributed by atoms with Crippen LogP contribution in [0.3, 0.4) is 0 Å². The van der Waals surface area contributed by atoms with E-state index in [2.05, 4.69) is 21.2 Å². The lowest BCUT2D eigenvalue weighted by Gasteiger charge is -2.14. The zero-order valence-electron chi connectivity index (χ0n) is 17.4. The number of ether oxygens (including phenoxy) is 2. The zero-order chi connectivity index (χ0) is 22.5. The molecule has 0 aliphatic carbocycles. The van der Waals surface area contributed by atoms with Crippen molar-refractivity contribution in [2.24, 2.45) is 0 Å². The fourth-order valence-corrected chi connectivity index (χ4v) is 3.91. The molecule has 1 aliphatic heterocycles. The summed E-state index contributed by atoms with van der Waals surface area (Å²) >= 11 is 3.53. The Morgan fingerprint density at radius 3 is 2.28 bits per heavy atom. The Labute approximate surface area is 194 Å². The quantitative estimate of drug-likeness (QED) is 0.366. The van der Waals surface area contributed by atoms with Crippen LogP contribution >= 0.6 is 15.9 Å². The van der Waals surface area contributed by atoms with Gasteiger partial charge in [-0.25, -0.2) is 4.79 Å². The largest absolute Gasteiger partial charge is 0.493 e. The molecule has 0 unspecified atom stereocenters. The number of nitrogens with zero attached hydrogens (tertiary/aromatic N) is 1. The first kappa shape index (κ1) is 21.6. The SMILES string of the molecule is COc1cc(/C=C2/NC(=O)N(Cc3ccccc3)C2=O)cc(Br)c1OCc1ccccc1. The molecule has 32 heavy (non-hydrogen) atoms. The van der Waals surface area contributed by atoms with Gasteiger partial charge in [-0.3, -0.25) is 9.69 Å². The average Bonchev–Trinajstić information content (AvgIpc) is 3.06. The van der Waals surface area contributed by atoms with Gasteiger partial charge >= 0.3 is 6.03 Å². The zero-order valence-corrected chi connectivity index (χ0v) is 19.0. The maximum atomic E-state index is 12.8. The highest BCUT2D eigenvalue weighted by Crippen LogP contribution is 2.38. The molecule has 1 aliphatic rings. The molecule has 7 heteroatoms. The summed E-state index contributed by atoms with van der Waals surface area (Å²) in [5, 5.41) is 2.65. The number of hydrogen-bond donors (Lipinski definition) is 1. The molecule has 1 heterocycles. The molecule has 0 bridgehead atoms. The fraction of sp³-hybridized carbons (Fsp3) is 0.120. The van der Waals surface area contributed by atoms with Crippen LogP contribution in [0.5, 0.6) is 11.5 Å². The Morgan fingerprint density at radius 1 is 0.969 bits per heavy atom. The van der Waals surface area contributed by atoms with Crippen LogP contribution in [0.1, 0.15) is 16.7 Å². The Morgan fingerprint density at radius 2 is 1.62 bits per heavy atom. The molecule has 1 N–H and O–H groups in total. The molecule has 0 saturated carbocycles. The molecule has 1 saturated heterocycles. The van der Waals surface area contributed by atoms with Crippen molar-refractivity contribution < 1.29 is 19.1 Å². The first-order chi connectivity index (χ1) is 15.5. The number of amides is 3. The van der Waals surface area contributed by atoms with Gasteiger partial charge in [0.1, 0.15) is 12.3 Å². The number of rotatable bonds is 7. The molecule has 0 spiro atoms. The standard InChI is InChI=1S/C25H21BrN2O4/c1-31-22-14-19(12-20(26)23(22)32-16-18-10-6-3-7-11-18)13-21-24(29)28(25(30)27-21)15-17-8-4-2-5-9-17/h2-14H,15-16H2,1H3,(H,27,30)/b21-13+. The Bertz CT molecular complexity index is 1160. The van der Waals surface area contributed by atoms with E-state index in [0.717, 1.165) is 11.1 Å². The van der Waals surface area contributed by atoms with Crippen molar-refractivity contribution in [3.63, 3.8) is 0 Å². The Kier molecular flexibility index (Phi) is 6.56. The fourth-order valence-electron chi connectivity index (χ4n) is 3.34. The van der Waals surface area contributed by atoms with Gasteiger partial charge in [-0.15, -0.1) is 0 Å². The summed E-state index contributed by atoms with van der Waals surface area (Å²) < 4.78 is 12.1. The second kappa shape index (κ2) is 9.70. The van der Waals surface area contributed by atoms with Crippen LogP contribution in [0.2, 0.25) is 0 Å². The first-order valence-corrected chi connectivity index (χ1v) is 10.8. The van der Waals surface area contributed by atoms with Crippen molar-refractivity contribution in [3.05, 3.63) is 99.7 Å². The lowest BCUT2D eigenvalue weighted by molar-refractivity contribution is -0.123. The van der Waals surface area contributed by atoms with Gasteiger partial charge in [0.05, 0.1) is 18.1 Å². The molecule has 4 rings (SSSR count). The second-order valence-corrected chi connectivity index (χ2v) is 8.03. The molecular weight excluding hydrogens is 472 g/mol. The average molecular weight is 493 g/mol. The predicted molar refractivity (Wildman–Crippen MR) is 125 cm³/mol. The summed E-state index contributed by atoms with van der Waals surface area (Å²) in [5.41, 5.74) is 2.80. The van der Waals surface area contributed by atoms with Crippen molar-refractivity contribution in [1.29, 1.82) is 0 Å². The first-order valence-electron chi connectivity index (χ1n) is 9.98. The highest BCUT2D eigenvalue weighted by molar-refractivity contribution is 9.10. The second-order valence-electron chi connectivity index (χ2n) is 7.17. The number of imide groups is 1. The minimum Gasteiger partial charge on any atom is -0.493 e. The topological polar surface area (TPSA) is 67.9 Å². The number of methoxy groups -OCH3 is 1. The van der Waals surface area contributed by atoms with Crippen molar-refractivity contribution in [2.75, 3.05) is 7.11 Å². The minimum atomic E-state index is -0.445. The van der Waals surface area contributed by atoms with E-state index in [1.54, 1.807) is 19.3 Å². The van der Waals surface area contributed by atoms with E-state index in [4.69, 9.17) is 9.47 Å². The van der Waals surface area contributed by atoms with E-state index >= 15 is 0 Å². The summed E-state index contributed by atoms with van der Waals surface area (Å²) in [6.07, 6.45) is 1.62. The third kappa shape index (κ3) is 4.84. The number of nitrogens with one attached hydrogen (secondary N) is 1. The van der Waals surface area contributed by atoms with Gasteiger partial charge in [0.15, 0.2) is 11.5 Å². The lowest BCUT2D eigenvalue weighted by Crippen LogP contribution is -2.30. The van der Waals surface area contributed by atoms with E-state index < -0.39 is 6.03 Å². The number of carbonyl (C=O) groups is 2. The third-order valence-corrected chi connectivity index (χ3v) is 5.52. The van der Waals surface area contributed by atoms with Crippen molar-refractivity contribution in [2.45, 2.75) is 13.2 Å². The summed E-state index contributed by atoms with van der Waals surface area (Å²) in [7, 11) is 1.55. The lowest BCUT2D eigenvalue weighted by atomic mass is 10.1. The van der Waals surface area contributed by atoms with Crippen LogP contribution in [0.15, 0.2) is 83.0 Å². The van der Waals surface area contributed by atoms with Gasteiger partial charge in [-0.05, 0) is 50.8 Å². The van der Waals surface area contributed by atoms with E-state index in [9.17, 15) is 9.59 Å². The molecule has 3 amide bonds. The number of urea groups is 1. The van der Waals surface area contributed by atoms with Crippen LogP contribution < -0.4 is 14.8 Å². The van der Waals surface area contributed by atoms with Crippen LogP contribution in [-0.4, -0.2) is 23.9 Å². The van der Waals surface area contributed by atoms with E-state index in [1.807, 2.05) is 66.7 Å². The van der Waals surface area contributed by atoms with Crippen LogP contribution in [0.25, 0.3) is 6.08 Å². The van der Waals surface area contributed by atoms with Gasteiger partial charge in [0.2, 0.25) is 0 Å². The third-order valence-electron chi connectivity index (χ3n) is 4.93. The van der Waals surface area contributed by atoms with Crippen LogP contribution in [0, 0.1) is 0 Å². The Hall–Kier alpha value is -3.58. The van der Waals surface area contributed by atoms with Gasteiger partial charge in [0.25, 0.3) is 5.91 Å². The summed E-state index contributed by atoms with van der Waals surface area (Å²) in [4.78, 5) is 26.3. The molecule has 1 fully saturated rings. The number of hydrogen-bond acceptors (Lipinski definition) is 4.